The zero-order valence-electron chi connectivity index (χ0n) is 11.7. The van der Waals surface area contributed by atoms with Crippen molar-refractivity contribution in [2.24, 2.45) is 0 Å². The molecule has 21 heavy (non-hydrogen) atoms. The molecule has 0 radical (unpaired) electrons. The average Bonchev–Trinajstić information content (AvgIpc) is 3.23. The highest BCUT2D eigenvalue weighted by Gasteiger charge is 2.50. The normalized spacial score (nSPS) is 17.8. The molecule has 0 saturated heterocycles. The smallest absolute Gasteiger partial charge is 0.0964 e. The average molecular weight is 295 g/mol. The number of para-hydroxylation sites is 1. The first-order valence-corrected chi connectivity index (χ1v) is 8.18. The van der Waals surface area contributed by atoms with E-state index in [9.17, 15) is 5.11 Å². The van der Waals surface area contributed by atoms with Crippen LogP contribution >= 0.6 is 11.3 Å². The van der Waals surface area contributed by atoms with Gasteiger partial charge in [0.1, 0.15) is 0 Å². The van der Waals surface area contributed by atoms with E-state index in [4.69, 9.17) is 0 Å². The van der Waals surface area contributed by atoms with Gasteiger partial charge in [-0.15, -0.1) is 11.3 Å². The lowest BCUT2D eigenvalue weighted by Gasteiger charge is -2.22. The number of benzene rings is 2. The Kier molecular flexibility index (Phi) is 3.05. The number of aliphatic hydroxyl groups excluding tert-OH is 1. The molecule has 0 bridgehead atoms. The lowest BCUT2D eigenvalue weighted by molar-refractivity contribution is 0.131. The molecule has 1 unspecified atom stereocenters. The number of nitrogens with zero attached hydrogens (tertiary/aromatic N) is 1. The summed E-state index contributed by atoms with van der Waals surface area (Å²) in [6, 6.07) is 18.6. The molecule has 1 atom stereocenters. The molecule has 1 fully saturated rings. The van der Waals surface area contributed by atoms with Crippen LogP contribution in [0.3, 0.4) is 0 Å². The fourth-order valence-electron chi connectivity index (χ4n) is 3.09. The Morgan fingerprint density at radius 3 is 2.48 bits per heavy atom. The molecule has 3 heteroatoms. The van der Waals surface area contributed by atoms with E-state index in [1.54, 1.807) is 11.3 Å². The van der Waals surface area contributed by atoms with Crippen molar-refractivity contribution in [1.82, 2.24) is 4.98 Å². The third-order valence-electron chi connectivity index (χ3n) is 4.48. The van der Waals surface area contributed by atoms with Gasteiger partial charge in [-0.05, 0) is 30.5 Å². The molecule has 4 rings (SSSR count). The van der Waals surface area contributed by atoms with E-state index in [1.807, 2.05) is 24.3 Å². The first-order chi connectivity index (χ1) is 10.3. The Morgan fingerprint density at radius 1 is 1.05 bits per heavy atom. The van der Waals surface area contributed by atoms with Crippen molar-refractivity contribution in [3.8, 4) is 0 Å². The van der Waals surface area contributed by atoms with Crippen LogP contribution in [0, 0.1) is 0 Å². The third kappa shape index (κ3) is 2.27. The molecule has 1 saturated carbocycles. The Bertz CT molecular complexity index is 728. The maximum absolute atomic E-state index is 10.7. The van der Waals surface area contributed by atoms with Gasteiger partial charge >= 0.3 is 0 Å². The molecule has 0 spiro atoms. The van der Waals surface area contributed by atoms with Crippen molar-refractivity contribution in [2.75, 3.05) is 0 Å². The minimum Gasteiger partial charge on any atom is -0.392 e. The predicted molar refractivity (Wildman–Crippen MR) is 86.7 cm³/mol. The highest BCUT2D eigenvalue weighted by Crippen LogP contribution is 2.51. The number of hydrogen-bond acceptors (Lipinski definition) is 3. The van der Waals surface area contributed by atoms with Gasteiger partial charge in [0.05, 0.1) is 21.3 Å². The molecule has 1 heterocycles. The minimum atomic E-state index is -0.347. The molecule has 2 nitrogen and oxygen atoms in total. The summed E-state index contributed by atoms with van der Waals surface area (Å²) in [6.07, 6.45) is 2.45. The van der Waals surface area contributed by atoms with Crippen molar-refractivity contribution < 1.29 is 5.11 Å². The van der Waals surface area contributed by atoms with Gasteiger partial charge in [0.25, 0.3) is 0 Å². The SMILES string of the molecule is OC(Cc1nc2ccccc2s1)C1(c2ccccc2)CC1. The number of thiazole rings is 1. The fraction of sp³-hybridized carbons (Fsp3) is 0.278. The summed E-state index contributed by atoms with van der Waals surface area (Å²) in [5.41, 5.74) is 2.26. The van der Waals surface area contributed by atoms with E-state index in [-0.39, 0.29) is 11.5 Å². The first-order valence-electron chi connectivity index (χ1n) is 7.36. The van der Waals surface area contributed by atoms with Gasteiger partial charge in [-0.2, -0.15) is 0 Å². The Hall–Kier alpha value is -1.71. The summed E-state index contributed by atoms with van der Waals surface area (Å²) in [6.45, 7) is 0. The molecular weight excluding hydrogens is 278 g/mol. The van der Waals surface area contributed by atoms with Gasteiger partial charge in [0.2, 0.25) is 0 Å². The Labute approximate surface area is 128 Å². The molecule has 2 aromatic carbocycles. The number of fused-ring (bicyclic) bond motifs is 1. The lowest BCUT2D eigenvalue weighted by Crippen LogP contribution is -2.28. The van der Waals surface area contributed by atoms with Crippen LogP contribution in [-0.2, 0) is 11.8 Å². The number of aromatic nitrogens is 1. The summed E-state index contributed by atoms with van der Waals surface area (Å²) in [5, 5.41) is 11.8. The van der Waals surface area contributed by atoms with Crippen molar-refractivity contribution in [1.29, 1.82) is 0 Å². The molecule has 1 aromatic heterocycles. The van der Waals surface area contributed by atoms with Crippen LogP contribution < -0.4 is 0 Å². The maximum Gasteiger partial charge on any atom is 0.0964 e. The third-order valence-corrected chi connectivity index (χ3v) is 5.54. The largest absolute Gasteiger partial charge is 0.392 e. The quantitative estimate of drug-likeness (QED) is 0.791. The molecular formula is C18H17NOS. The van der Waals surface area contributed by atoms with Crippen LogP contribution in [0.15, 0.2) is 54.6 Å². The first kappa shape index (κ1) is 13.0. The molecule has 0 aliphatic heterocycles. The van der Waals surface area contributed by atoms with Crippen LogP contribution in [-0.4, -0.2) is 16.2 Å². The van der Waals surface area contributed by atoms with Gasteiger partial charge in [-0.3, -0.25) is 0 Å². The minimum absolute atomic E-state index is 0.0425. The highest BCUT2D eigenvalue weighted by molar-refractivity contribution is 7.18. The van der Waals surface area contributed by atoms with Crippen LogP contribution in [0.2, 0.25) is 0 Å². The number of hydrogen-bond donors (Lipinski definition) is 1. The maximum atomic E-state index is 10.7. The monoisotopic (exact) mass is 295 g/mol. The van der Waals surface area contributed by atoms with E-state index < -0.39 is 0 Å². The van der Waals surface area contributed by atoms with Gasteiger partial charge in [-0.1, -0.05) is 42.5 Å². The summed E-state index contributed by atoms with van der Waals surface area (Å²) >= 11 is 1.69. The van der Waals surface area contributed by atoms with Crippen LogP contribution in [0.1, 0.15) is 23.4 Å². The molecule has 1 aliphatic carbocycles. The van der Waals surface area contributed by atoms with Crippen LogP contribution in [0.4, 0.5) is 0 Å². The Morgan fingerprint density at radius 2 is 1.76 bits per heavy atom. The topological polar surface area (TPSA) is 33.1 Å². The van der Waals surface area contributed by atoms with Crippen LogP contribution in [0.25, 0.3) is 10.2 Å². The molecule has 1 aliphatic rings. The van der Waals surface area contributed by atoms with Gasteiger partial charge < -0.3 is 5.11 Å². The summed E-state index contributed by atoms with van der Waals surface area (Å²) < 4.78 is 1.20. The van der Waals surface area contributed by atoms with E-state index >= 15 is 0 Å². The van der Waals surface area contributed by atoms with Crippen molar-refractivity contribution in [2.45, 2.75) is 30.8 Å². The number of rotatable bonds is 4. The summed E-state index contributed by atoms with van der Waals surface area (Å²) in [4.78, 5) is 4.65. The van der Waals surface area contributed by atoms with E-state index in [1.165, 1.54) is 10.3 Å². The second kappa shape index (κ2) is 4.93. The lowest BCUT2D eigenvalue weighted by atomic mass is 9.88. The zero-order chi connectivity index (χ0) is 14.3. The number of aliphatic hydroxyl groups is 1. The molecule has 106 valence electrons. The standard InChI is InChI=1S/C18H17NOS/c20-16(18(10-11-18)13-6-2-1-3-7-13)12-17-19-14-8-4-5-9-15(14)21-17/h1-9,16,20H,10-12H2. The Balaban J connectivity index is 1.59. The molecule has 1 N–H and O–H groups in total. The summed E-state index contributed by atoms with van der Waals surface area (Å²) in [7, 11) is 0. The molecule has 3 aromatic rings. The second-order valence-corrected chi connectivity index (χ2v) is 6.93. The van der Waals surface area contributed by atoms with Crippen molar-refractivity contribution in [3.05, 3.63) is 65.2 Å². The van der Waals surface area contributed by atoms with Crippen molar-refractivity contribution in [3.63, 3.8) is 0 Å². The van der Waals surface area contributed by atoms with E-state index in [2.05, 4.69) is 35.3 Å². The molecule has 0 amide bonds. The zero-order valence-corrected chi connectivity index (χ0v) is 12.5. The van der Waals surface area contributed by atoms with E-state index in [0.717, 1.165) is 23.4 Å². The van der Waals surface area contributed by atoms with Gasteiger partial charge in [-0.25, -0.2) is 4.98 Å². The van der Waals surface area contributed by atoms with E-state index in [0.29, 0.717) is 6.42 Å². The fourth-order valence-corrected chi connectivity index (χ4v) is 4.09. The van der Waals surface area contributed by atoms with Crippen molar-refractivity contribution >= 4 is 21.6 Å². The highest BCUT2D eigenvalue weighted by atomic mass is 32.1. The van der Waals surface area contributed by atoms with Gasteiger partial charge in [0, 0.05) is 11.8 Å². The second-order valence-electron chi connectivity index (χ2n) is 5.82. The predicted octanol–water partition coefficient (Wildman–Crippen LogP) is 3.93. The van der Waals surface area contributed by atoms with Gasteiger partial charge in [0.15, 0.2) is 0 Å². The van der Waals surface area contributed by atoms with Crippen LogP contribution in [0.5, 0.6) is 0 Å². The summed E-state index contributed by atoms with van der Waals surface area (Å²) in [5.74, 6) is 0.